The van der Waals surface area contributed by atoms with Gasteiger partial charge in [-0.25, -0.2) is 4.68 Å². The lowest BCUT2D eigenvalue weighted by Crippen LogP contribution is -2.28. The number of hydrogen-bond donors (Lipinski definition) is 1. The Labute approximate surface area is 130 Å². The average Bonchev–Trinajstić information content (AvgIpc) is 3.14. The molecule has 5 nitrogen and oxygen atoms in total. The van der Waals surface area contributed by atoms with Gasteiger partial charge in [0, 0.05) is 13.1 Å². The first-order valence-electron chi connectivity index (χ1n) is 7.96. The highest BCUT2D eigenvalue weighted by Gasteiger charge is 2.23. The SMILES string of the molecule is O=c1c(NCCCN2CCCC2)c(Cl)cnn1CC1CC1. The molecule has 0 amide bonds. The molecule has 3 rings (SSSR count). The largest absolute Gasteiger partial charge is 0.379 e. The number of likely N-dealkylation sites (tertiary alicyclic amines) is 1. The Bertz CT molecular complexity index is 535. The van der Waals surface area contributed by atoms with Crippen LogP contribution in [0.3, 0.4) is 0 Å². The zero-order chi connectivity index (χ0) is 14.7. The van der Waals surface area contributed by atoms with Crippen molar-refractivity contribution in [3.63, 3.8) is 0 Å². The maximum Gasteiger partial charge on any atom is 0.291 e. The molecule has 116 valence electrons. The highest BCUT2D eigenvalue weighted by Crippen LogP contribution is 2.30. The predicted molar refractivity (Wildman–Crippen MR) is 85.0 cm³/mol. The number of halogens is 1. The molecule has 2 aliphatic rings. The quantitative estimate of drug-likeness (QED) is 0.785. The summed E-state index contributed by atoms with van der Waals surface area (Å²) in [7, 11) is 0. The molecule has 2 heterocycles. The molecule has 6 heteroatoms. The third-order valence-corrected chi connectivity index (χ3v) is 4.56. The van der Waals surface area contributed by atoms with Crippen molar-refractivity contribution < 1.29 is 0 Å². The highest BCUT2D eigenvalue weighted by molar-refractivity contribution is 6.32. The van der Waals surface area contributed by atoms with Crippen molar-refractivity contribution in [2.24, 2.45) is 5.92 Å². The first kappa shape index (κ1) is 14.9. The summed E-state index contributed by atoms with van der Waals surface area (Å²) in [4.78, 5) is 14.8. The van der Waals surface area contributed by atoms with E-state index in [0.29, 0.717) is 16.6 Å². The van der Waals surface area contributed by atoms with Crippen molar-refractivity contribution in [2.45, 2.75) is 38.6 Å². The van der Waals surface area contributed by atoms with Crippen LogP contribution < -0.4 is 10.9 Å². The van der Waals surface area contributed by atoms with Crippen molar-refractivity contribution in [1.29, 1.82) is 0 Å². The van der Waals surface area contributed by atoms with Gasteiger partial charge in [-0.15, -0.1) is 0 Å². The summed E-state index contributed by atoms with van der Waals surface area (Å²) in [5, 5.41) is 7.77. The monoisotopic (exact) mass is 310 g/mol. The fourth-order valence-electron chi connectivity index (χ4n) is 2.83. The summed E-state index contributed by atoms with van der Waals surface area (Å²) in [6.45, 7) is 5.01. The summed E-state index contributed by atoms with van der Waals surface area (Å²) in [5.74, 6) is 0.624. The lowest BCUT2D eigenvalue weighted by atomic mass is 10.3. The maximum atomic E-state index is 12.3. The molecule has 1 aliphatic carbocycles. The van der Waals surface area contributed by atoms with E-state index >= 15 is 0 Å². The van der Waals surface area contributed by atoms with Gasteiger partial charge in [-0.05, 0) is 57.7 Å². The van der Waals surface area contributed by atoms with Crippen LogP contribution >= 0.6 is 11.6 Å². The van der Waals surface area contributed by atoms with E-state index in [-0.39, 0.29) is 5.56 Å². The Balaban J connectivity index is 1.54. The van der Waals surface area contributed by atoms with Crippen LogP contribution in [0.25, 0.3) is 0 Å². The Morgan fingerprint density at radius 3 is 2.81 bits per heavy atom. The van der Waals surface area contributed by atoms with Crippen molar-refractivity contribution >= 4 is 17.3 Å². The van der Waals surface area contributed by atoms with Gasteiger partial charge in [0.15, 0.2) is 0 Å². The van der Waals surface area contributed by atoms with E-state index < -0.39 is 0 Å². The molecule has 1 aliphatic heterocycles. The van der Waals surface area contributed by atoms with E-state index in [1.54, 1.807) is 10.9 Å². The number of nitrogens with zero attached hydrogens (tertiary/aromatic N) is 3. The molecule has 1 saturated carbocycles. The molecule has 0 spiro atoms. The van der Waals surface area contributed by atoms with Crippen LogP contribution in [-0.4, -0.2) is 40.9 Å². The highest BCUT2D eigenvalue weighted by atomic mass is 35.5. The van der Waals surface area contributed by atoms with E-state index in [0.717, 1.165) is 26.1 Å². The Morgan fingerprint density at radius 1 is 1.33 bits per heavy atom. The molecule has 1 aromatic heterocycles. The van der Waals surface area contributed by atoms with Crippen LogP contribution in [0.2, 0.25) is 5.02 Å². The third-order valence-electron chi connectivity index (χ3n) is 4.28. The minimum absolute atomic E-state index is 0.0874. The van der Waals surface area contributed by atoms with Gasteiger partial charge in [0.25, 0.3) is 5.56 Å². The van der Waals surface area contributed by atoms with E-state index in [2.05, 4.69) is 15.3 Å². The molecular weight excluding hydrogens is 288 g/mol. The molecule has 0 radical (unpaired) electrons. The fourth-order valence-corrected chi connectivity index (χ4v) is 3.02. The minimum Gasteiger partial charge on any atom is -0.379 e. The molecule has 21 heavy (non-hydrogen) atoms. The van der Waals surface area contributed by atoms with Crippen LogP contribution in [0.4, 0.5) is 5.69 Å². The van der Waals surface area contributed by atoms with Crippen molar-refractivity contribution in [3.8, 4) is 0 Å². The van der Waals surface area contributed by atoms with Crippen LogP contribution in [0, 0.1) is 5.92 Å². The van der Waals surface area contributed by atoms with Crippen LogP contribution in [0.5, 0.6) is 0 Å². The number of rotatable bonds is 7. The summed E-state index contributed by atoms with van der Waals surface area (Å²) >= 11 is 6.11. The molecule has 0 unspecified atom stereocenters. The zero-order valence-electron chi connectivity index (χ0n) is 12.4. The van der Waals surface area contributed by atoms with Gasteiger partial charge < -0.3 is 10.2 Å². The van der Waals surface area contributed by atoms with Gasteiger partial charge in [0.1, 0.15) is 5.69 Å². The van der Waals surface area contributed by atoms with E-state index in [4.69, 9.17) is 11.6 Å². The van der Waals surface area contributed by atoms with Gasteiger partial charge in [-0.1, -0.05) is 11.6 Å². The van der Waals surface area contributed by atoms with E-state index in [1.165, 1.54) is 38.8 Å². The van der Waals surface area contributed by atoms with E-state index in [9.17, 15) is 4.79 Å². The molecular formula is C15H23ClN4O. The summed E-state index contributed by atoms with van der Waals surface area (Å²) in [6, 6.07) is 0. The first-order chi connectivity index (χ1) is 10.2. The minimum atomic E-state index is -0.0874. The fraction of sp³-hybridized carbons (Fsp3) is 0.733. The zero-order valence-corrected chi connectivity index (χ0v) is 13.1. The lowest BCUT2D eigenvalue weighted by Gasteiger charge is -2.15. The van der Waals surface area contributed by atoms with Crippen LogP contribution in [-0.2, 0) is 6.54 Å². The standard InChI is InChI=1S/C15H23ClN4O/c16-13-10-18-20(11-12-4-5-12)15(21)14(13)17-6-3-9-19-7-1-2-8-19/h10,12,17H,1-9,11H2. The molecule has 1 N–H and O–H groups in total. The maximum absolute atomic E-state index is 12.3. The van der Waals surface area contributed by atoms with Gasteiger partial charge in [0.2, 0.25) is 0 Å². The topological polar surface area (TPSA) is 50.2 Å². The normalized spacial score (nSPS) is 19.1. The number of nitrogens with one attached hydrogen (secondary N) is 1. The smallest absolute Gasteiger partial charge is 0.291 e. The molecule has 0 bridgehead atoms. The van der Waals surface area contributed by atoms with Crippen molar-refractivity contribution in [1.82, 2.24) is 14.7 Å². The lowest BCUT2D eigenvalue weighted by molar-refractivity contribution is 0.337. The van der Waals surface area contributed by atoms with Gasteiger partial charge >= 0.3 is 0 Å². The van der Waals surface area contributed by atoms with Gasteiger partial charge in [0.05, 0.1) is 11.2 Å². The van der Waals surface area contributed by atoms with Gasteiger partial charge in [-0.3, -0.25) is 4.79 Å². The van der Waals surface area contributed by atoms with E-state index in [1.807, 2.05) is 0 Å². The van der Waals surface area contributed by atoms with Gasteiger partial charge in [-0.2, -0.15) is 5.10 Å². The predicted octanol–water partition coefficient (Wildman–Crippen LogP) is 2.20. The molecule has 1 aromatic rings. The third kappa shape index (κ3) is 3.98. The number of hydrogen-bond acceptors (Lipinski definition) is 4. The second kappa shape index (κ2) is 6.79. The summed E-state index contributed by atoms with van der Waals surface area (Å²) in [5.41, 5.74) is 0.421. The van der Waals surface area contributed by atoms with Crippen molar-refractivity contribution in [3.05, 3.63) is 21.6 Å². The van der Waals surface area contributed by atoms with Crippen LogP contribution in [0.15, 0.2) is 11.0 Å². The summed E-state index contributed by atoms with van der Waals surface area (Å²) in [6.07, 6.45) is 7.64. The second-order valence-corrected chi connectivity index (χ2v) is 6.53. The summed E-state index contributed by atoms with van der Waals surface area (Å²) < 4.78 is 1.55. The Kier molecular flexibility index (Phi) is 4.80. The van der Waals surface area contributed by atoms with Crippen LogP contribution in [0.1, 0.15) is 32.1 Å². The number of aromatic nitrogens is 2. The second-order valence-electron chi connectivity index (χ2n) is 6.13. The van der Waals surface area contributed by atoms with Crippen molar-refractivity contribution in [2.75, 3.05) is 31.5 Å². The average molecular weight is 311 g/mol. The molecule has 0 aromatic carbocycles. The molecule has 0 atom stereocenters. The Hall–Kier alpha value is -1.07. The molecule has 1 saturated heterocycles. The first-order valence-corrected chi connectivity index (χ1v) is 8.33. The molecule has 2 fully saturated rings. The Morgan fingerprint density at radius 2 is 2.10 bits per heavy atom. The number of anilines is 1.